The summed E-state index contributed by atoms with van der Waals surface area (Å²) in [7, 11) is 0. The number of aromatic nitrogens is 4. The van der Waals surface area contributed by atoms with Crippen LogP contribution in [-0.4, -0.2) is 32.1 Å². The van der Waals surface area contributed by atoms with Crippen molar-refractivity contribution in [2.24, 2.45) is 0 Å². The van der Waals surface area contributed by atoms with Crippen LogP contribution in [0, 0.1) is 0 Å². The highest BCUT2D eigenvalue weighted by molar-refractivity contribution is 7.12. The molecule has 3 aromatic rings. The Bertz CT molecular complexity index is 942. The van der Waals surface area contributed by atoms with Crippen LogP contribution >= 0.6 is 22.9 Å². The highest BCUT2D eigenvalue weighted by Gasteiger charge is 2.18. The summed E-state index contributed by atoms with van der Waals surface area (Å²) in [6, 6.07) is 8.03. The van der Waals surface area contributed by atoms with Gasteiger partial charge < -0.3 is 10.1 Å². The minimum Gasteiger partial charge on any atom is -0.454 e. The molecule has 0 saturated heterocycles. The van der Waals surface area contributed by atoms with Gasteiger partial charge in [0.1, 0.15) is 0 Å². The molecular formula is C17H16ClN5O3S. The Hall–Kier alpha value is -2.78. The molecular weight excluding hydrogens is 390 g/mol. The number of anilines is 1. The lowest BCUT2D eigenvalue weighted by atomic mass is 10.1. The van der Waals surface area contributed by atoms with Crippen LogP contribution in [0.5, 0.6) is 0 Å². The number of nitrogens with one attached hydrogen (secondary N) is 1. The molecule has 3 rings (SSSR count). The molecule has 1 aromatic carbocycles. The molecule has 0 fully saturated rings. The minimum atomic E-state index is -0.612. The third kappa shape index (κ3) is 4.69. The lowest BCUT2D eigenvalue weighted by Crippen LogP contribution is -2.16. The first-order chi connectivity index (χ1) is 13.1. The van der Waals surface area contributed by atoms with E-state index in [1.807, 2.05) is 6.92 Å². The lowest BCUT2D eigenvalue weighted by Gasteiger charge is -2.11. The second-order valence-corrected chi connectivity index (χ2v) is 6.90. The van der Waals surface area contributed by atoms with E-state index in [0.29, 0.717) is 22.3 Å². The van der Waals surface area contributed by atoms with Gasteiger partial charge >= 0.3 is 5.97 Å². The number of carbonyl (C=O) groups excluding carboxylic acids is 2. The van der Waals surface area contributed by atoms with Crippen LogP contribution in [0.4, 0.5) is 5.69 Å². The normalized spacial score (nSPS) is 10.6. The average Bonchev–Trinajstić information content (AvgIpc) is 3.32. The molecule has 0 aliphatic rings. The molecule has 2 aromatic heterocycles. The third-order valence-corrected chi connectivity index (χ3v) is 4.67. The second kappa shape index (κ2) is 8.74. The molecule has 0 spiro atoms. The highest BCUT2D eigenvalue weighted by atomic mass is 35.5. The maximum atomic E-state index is 12.5. The number of thiophene rings is 1. The number of esters is 1. The zero-order chi connectivity index (χ0) is 19.2. The maximum absolute atomic E-state index is 12.5. The summed E-state index contributed by atoms with van der Waals surface area (Å²) < 4.78 is 6.90. The van der Waals surface area contributed by atoms with Crippen molar-refractivity contribution < 1.29 is 14.3 Å². The molecule has 0 radical (unpaired) electrons. The molecule has 0 unspecified atom stereocenters. The van der Waals surface area contributed by atoms with Crippen molar-refractivity contribution >= 4 is 40.5 Å². The predicted octanol–water partition coefficient (Wildman–Crippen LogP) is 3.41. The number of carbonyl (C=O) groups is 2. The maximum Gasteiger partial charge on any atom is 0.340 e. The fourth-order valence-electron chi connectivity index (χ4n) is 2.31. The Morgan fingerprint density at radius 2 is 2.19 bits per heavy atom. The number of aryl methyl sites for hydroxylation is 1. The predicted molar refractivity (Wildman–Crippen MR) is 101 cm³/mol. The van der Waals surface area contributed by atoms with E-state index in [2.05, 4.69) is 20.8 Å². The van der Waals surface area contributed by atoms with Gasteiger partial charge in [0.25, 0.3) is 5.91 Å². The topological polar surface area (TPSA) is 99.0 Å². The first kappa shape index (κ1) is 19.0. The van der Waals surface area contributed by atoms with Gasteiger partial charge in [0.2, 0.25) is 0 Å². The number of hydrogen-bond acceptors (Lipinski definition) is 7. The van der Waals surface area contributed by atoms with E-state index < -0.39 is 5.97 Å². The summed E-state index contributed by atoms with van der Waals surface area (Å²) in [6.07, 6.45) is 0.849. The summed E-state index contributed by atoms with van der Waals surface area (Å²) in [5.74, 6) is -0.490. The molecule has 10 heteroatoms. The highest BCUT2D eigenvalue weighted by Crippen LogP contribution is 2.23. The average molecular weight is 406 g/mol. The minimum absolute atomic E-state index is 0.0766. The van der Waals surface area contributed by atoms with Gasteiger partial charge in [-0.05, 0) is 46.5 Å². The van der Waals surface area contributed by atoms with Gasteiger partial charge in [-0.3, -0.25) is 4.79 Å². The van der Waals surface area contributed by atoms with Crippen molar-refractivity contribution in [3.63, 3.8) is 0 Å². The van der Waals surface area contributed by atoms with E-state index in [0.717, 1.165) is 6.42 Å². The number of tetrazole rings is 1. The van der Waals surface area contributed by atoms with Crippen LogP contribution in [-0.2, 0) is 17.9 Å². The van der Waals surface area contributed by atoms with Crippen molar-refractivity contribution in [3.8, 4) is 0 Å². The summed E-state index contributed by atoms with van der Waals surface area (Å²) in [5.41, 5.74) is 0.470. The van der Waals surface area contributed by atoms with Gasteiger partial charge in [0.15, 0.2) is 12.4 Å². The molecule has 2 heterocycles. The Morgan fingerprint density at radius 3 is 2.93 bits per heavy atom. The molecule has 140 valence electrons. The van der Waals surface area contributed by atoms with E-state index in [4.69, 9.17) is 16.3 Å². The number of rotatable bonds is 7. The van der Waals surface area contributed by atoms with Crippen LogP contribution in [0.1, 0.15) is 39.2 Å². The summed E-state index contributed by atoms with van der Waals surface area (Å²) >= 11 is 7.31. The largest absolute Gasteiger partial charge is 0.454 e. The van der Waals surface area contributed by atoms with E-state index in [-0.39, 0.29) is 23.8 Å². The molecule has 1 amide bonds. The van der Waals surface area contributed by atoms with Crippen molar-refractivity contribution in [2.75, 3.05) is 5.32 Å². The van der Waals surface area contributed by atoms with Gasteiger partial charge in [-0.1, -0.05) is 24.6 Å². The third-order valence-electron chi connectivity index (χ3n) is 3.57. The molecule has 0 aliphatic carbocycles. The summed E-state index contributed by atoms with van der Waals surface area (Å²) in [5, 5.41) is 16.2. The number of halogens is 1. The number of benzene rings is 1. The van der Waals surface area contributed by atoms with E-state index in [1.54, 1.807) is 28.3 Å². The van der Waals surface area contributed by atoms with Crippen molar-refractivity contribution in [1.29, 1.82) is 0 Å². The number of nitrogens with zero attached hydrogens (tertiary/aromatic N) is 4. The van der Waals surface area contributed by atoms with Crippen molar-refractivity contribution in [3.05, 3.63) is 57.0 Å². The van der Waals surface area contributed by atoms with Gasteiger partial charge in [-0.2, -0.15) is 0 Å². The zero-order valence-corrected chi connectivity index (χ0v) is 16.0. The molecule has 0 saturated carbocycles. The van der Waals surface area contributed by atoms with Crippen LogP contribution in [0.25, 0.3) is 0 Å². The van der Waals surface area contributed by atoms with Crippen LogP contribution < -0.4 is 5.32 Å². The number of hydrogen-bond donors (Lipinski definition) is 1. The van der Waals surface area contributed by atoms with Gasteiger partial charge in [-0.25, -0.2) is 9.48 Å². The van der Waals surface area contributed by atoms with E-state index in [9.17, 15) is 9.59 Å². The quantitative estimate of drug-likeness (QED) is 0.605. The standard InChI is InChI=1S/C17H16ClN5O3S/c1-2-7-23-15(20-21-22-23)10-26-17(25)12-6-5-11(18)9-13(12)19-16(24)14-4-3-8-27-14/h3-6,8-9H,2,7,10H2,1H3,(H,19,24). The number of ether oxygens (including phenoxy) is 1. The Balaban J connectivity index is 1.74. The lowest BCUT2D eigenvalue weighted by molar-refractivity contribution is 0.0457. The molecule has 0 bridgehead atoms. The molecule has 0 aliphatic heterocycles. The Morgan fingerprint density at radius 1 is 1.33 bits per heavy atom. The van der Waals surface area contributed by atoms with Crippen LogP contribution in [0.15, 0.2) is 35.7 Å². The smallest absolute Gasteiger partial charge is 0.340 e. The summed E-state index contributed by atoms with van der Waals surface area (Å²) in [6.45, 7) is 2.55. The van der Waals surface area contributed by atoms with Crippen molar-refractivity contribution in [2.45, 2.75) is 26.5 Å². The SMILES string of the molecule is CCCn1nnnc1COC(=O)c1ccc(Cl)cc1NC(=O)c1cccs1. The van der Waals surface area contributed by atoms with Gasteiger partial charge in [0, 0.05) is 11.6 Å². The van der Waals surface area contributed by atoms with E-state index >= 15 is 0 Å². The van der Waals surface area contributed by atoms with E-state index in [1.165, 1.54) is 23.5 Å². The molecule has 27 heavy (non-hydrogen) atoms. The Labute approximate surface area is 164 Å². The Kier molecular flexibility index (Phi) is 6.15. The van der Waals surface area contributed by atoms with Gasteiger partial charge in [-0.15, -0.1) is 16.4 Å². The fraction of sp³-hybridized carbons (Fsp3) is 0.235. The zero-order valence-electron chi connectivity index (χ0n) is 14.4. The molecule has 1 N–H and O–H groups in total. The molecule has 8 nitrogen and oxygen atoms in total. The van der Waals surface area contributed by atoms with Crippen molar-refractivity contribution in [1.82, 2.24) is 20.2 Å². The fourth-order valence-corrected chi connectivity index (χ4v) is 3.10. The first-order valence-corrected chi connectivity index (χ1v) is 9.40. The number of amides is 1. The monoisotopic (exact) mass is 405 g/mol. The second-order valence-electron chi connectivity index (χ2n) is 5.52. The summed E-state index contributed by atoms with van der Waals surface area (Å²) in [4.78, 5) is 25.3. The molecule has 0 atom stereocenters. The van der Waals surface area contributed by atoms with Crippen LogP contribution in [0.2, 0.25) is 5.02 Å². The van der Waals surface area contributed by atoms with Crippen LogP contribution in [0.3, 0.4) is 0 Å². The first-order valence-electron chi connectivity index (χ1n) is 8.15. The van der Waals surface area contributed by atoms with Gasteiger partial charge in [0.05, 0.1) is 16.1 Å².